The Balaban J connectivity index is 2.06. The maximum atomic E-state index is 11.5. The van der Waals surface area contributed by atoms with E-state index in [1.54, 1.807) is 54.6 Å². The minimum atomic E-state index is -2.42. The van der Waals surface area contributed by atoms with Gasteiger partial charge in [0.25, 0.3) is 0 Å². The number of methoxy groups -OCH3 is 1. The van der Waals surface area contributed by atoms with Crippen molar-refractivity contribution >= 4 is 23.0 Å². The molecule has 130 valence electrons. The minimum absolute atomic E-state index is 0.126. The lowest BCUT2D eigenvalue weighted by Gasteiger charge is -2.25. The molecule has 0 aromatic heterocycles. The molecular weight excluding hydrogens is 340 g/mol. The second-order valence-electron chi connectivity index (χ2n) is 4.96. The predicted molar refractivity (Wildman–Crippen MR) is 95.4 cm³/mol. The van der Waals surface area contributed by atoms with Crippen molar-refractivity contribution in [2.45, 2.75) is 0 Å². The van der Waals surface area contributed by atoms with Gasteiger partial charge in [-0.15, -0.1) is 0 Å². The number of anilines is 1. The van der Waals surface area contributed by atoms with E-state index in [0.717, 1.165) is 5.56 Å². The van der Waals surface area contributed by atoms with E-state index in [9.17, 15) is 8.76 Å². The summed E-state index contributed by atoms with van der Waals surface area (Å²) in [5.41, 5.74) is 1.91. The third-order valence-electron chi connectivity index (χ3n) is 3.25. The lowest BCUT2D eigenvalue weighted by atomic mass is 10.1. The molecule has 1 unspecified atom stereocenters. The van der Waals surface area contributed by atoms with Crippen LogP contribution in [0.5, 0.6) is 5.75 Å². The quantitative estimate of drug-likeness (QED) is 0.536. The largest absolute Gasteiger partial charge is 0.755 e. The van der Waals surface area contributed by atoms with Crippen molar-refractivity contribution < 1.29 is 18.2 Å². The normalized spacial score (nSPS) is 11.9. The Labute approximate surface area is 149 Å². The molecule has 0 fully saturated rings. The fourth-order valence-corrected chi connectivity index (χ4v) is 2.59. The second-order valence-corrected chi connectivity index (χ2v) is 5.84. The van der Waals surface area contributed by atoms with Gasteiger partial charge in [0, 0.05) is 30.6 Å². The molecule has 0 bridgehead atoms. The topological polar surface area (TPSA) is 85.6 Å². The smallest absolute Gasteiger partial charge is 0.188 e. The fraction of sp³-hybridized carbons (Fsp3) is 0.167. The Bertz CT molecular complexity index is 784. The standard InChI is InChI=1S/C18H18N2O4S/c1-23-14-24-18-9-7-17(8-10-18)20(25(21)22)11-3-6-15-4-2-5-16(12-15)13-19/h2-10,12H,11,14H2,1H3,(H,21,22)/p-1/b6-3+. The van der Waals surface area contributed by atoms with Gasteiger partial charge in [-0.3, -0.25) is 8.51 Å². The highest BCUT2D eigenvalue weighted by Gasteiger charge is 2.06. The third-order valence-corrected chi connectivity index (χ3v) is 3.97. The molecule has 0 spiro atoms. The first-order valence-corrected chi connectivity index (χ1v) is 8.42. The second kappa shape index (κ2) is 9.59. The molecule has 0 N–H and O–H groups in total. The average molecular weight is 357 g/mol. The Kier molecular flexibility index (Phi) is 7.16. The number of hydrogen-bond acceptors (Lipinski definition) is 5. The summed E-state index contributed by atoms with van der Waals surface area (Å²) >= 11 is -2.42. The number of ether oxygens (including phenoxy) is 2. The van der Waals surface area contributed by atoms with E-state index in [1.165, 1.54) is 11.4 Å². The first-order valence-electron chi connectivity index (χ1n) is 7.39. The number of benzene rings is 2. The summed E-state index contributed by atoms with van der Waals surface area (Å²) in [6, 6.07) is 15.8. The molecule has 0 heterocycles. The zero-order valence-electron chi connectivity index (χ0n) is 13.6. The summed E-state index contributed by atoms with van der Waals surface area (Å²) in [4.78, 5) is 0. The molecule has 6 nitrogen and oxygen atoms in total. The minimum Gasteiger partial charge on any atom is -0.755 e. The van der Waals surface area contributed by atoms with Crippen LogP contribution in [-0.2, 0) is 16.0 Å². The number of hydrogen-bond donors (Lipinski definition) is 0. The van der Waals surface area contributed by atoms with Crippen molar-refractivity contribution in [1.82, 2.24) is 0 Å². The van der Waals surface area contributed by atoms with E-state index >= 15 is 0 Å². The zero-order chi connectivity index (χ0) is 18.1. The van der Waals surface area contributed by atoms with Gasteiger partial charge >= 0.3 is 0 Å². The van der Waals surface area contributed by atoms with Crippen LogP contribution in [0.4, 0.5) is 5.69 Å². The van der Waals surface area contributed by atoms with Crippen LogP contribution in [0.25, 0.3) is 6.08 Å². The van der Waals surface area contributed by atoms with Crippen molar-refractivity contribution in [3.63, 3.8) is 0 Å². The Morgan fingerprint density at radius 3 is 2.68 bits per heavy atom. The van der Waals surface area contributed by atoms with Crippen molar-refractivity contribution in [3.05, 3.63) is 65.7 Å². The van der Waals surface area contributed by atoms with Crippen molar-refractivity contribution in [1.29, 1.82) is 5.26 Å². The molecule has 1 atom stereocenters. The van der Waals surface area contributed by atoms with Crippen LogP contribution in [0.3, 0.4) is 0 Å². The lowest BCUT2D eigenvalue weighted by molar-refractivity contribution is 0.0511. The van der Waals surface area contributed by atoms with Crippen LogP contribution >= 0.6 is 0 Å². The van der Waals surface area contributed by atoms with Crippen LogP contribution < -0.4 is 9.04 Å². The van der Waals surface area contributed by atoms with Gasteiger partial charge in [0.05, 0.1) is 11.6 Å². The fourth-order valence-electron chi connectivity index (χ4n) is 2.08. The molecule has 25 heavy (non-hydrogen) atoms. The summed E-state index contributed by atoms with van der Waals surface area (Å²) < 4.78 is 34.3. The number of rotatable bonds is 8. The van der Waals surface area contributed by atoms with E-state index < -0.39 is 11.3 Å². The molecule has 2 rings (SSSR count). The van der Waals surface area contributed by atoms with Crippen molar-refractivity contribution in [2.24, 2.45) is 0 Å². The van der Waals surface area contributed by atoms with Gasteiger partial charge in [0.2, 0.25) is 0 Å². The molecule has 0 saturated carbocycles. The van der Waals surface area contributed by atoms with Crippen LogP contribution in [0.2, 0.25) is 0 Å². The van der Waals surface area contributed by atoms with E-state index in [-0.39, 0.29) is 13.3 Å². The highest BCUT2D eigenvalue weighted by molar-refractivity contribution is 7.80. The molecule has 0 aliphatic heterocycles. The summed E-state index contributed by atoms with van der Waals surface area (Å²) in [5, 5.41) is 8.89. The summed E-state index contributed by atoms with van der Waals surface area (Å²) in [6.45, 7) is 0.298. The monoisotopic (exact) mass is 357 g/mol. The van der Waals surface area contributed by atoms with Gasteiger partial charge in [0.1, 0.15) is 5.75 Å². The molecular formula is C18H17N2O4S-. The molecule has 0 amide bonds. The van der Waals surface area contributed by atoms with Gasteiger partial charge in [-0.1, -0.05) is 24.3 Å². The third kappa shape index (κ3) is 5.72. The van der Waals surface area contributed by atoms with Crippen LogP contribution in [-0.4, -0.2) is 29.2 Å². The highest BCUT2D eigenvalue weighted by Crippen LogP contribution is 2.20. The Hall–Kier alpha value is -2.66. The lowest BCUT2D eigenvalue weighted by Crippen LogP contribution is -2.25. The number of nitriles is 1. The first-order chi connectivity index (χ1) is 12.1. The van der Waals surface area contributed by atoms with Gasteiger partial charge in [-0.25, -0.2) is 0 Å². The van der Waals surface area contributed by atoms with E-state index in [4.69, 9.17) is 14.7 Å². The van der Waals surface area contributed by atoms with Crippen LogP contribution in [0.1, 0.15) is 11.1 Å². The van der Waals surface area contributed by atoms with Crippen molar-refractivity contribution in [3.8, 4) is 11.8 Å². The van der Waals surface area contributed by atoms with Crippen LogP contribution in [0.15, 0.2) is 54.6 Å². The Morgan fingerprint density at radius 1 is 1.28 bits per heavy atom. The van der Waals surface area contributed by atoms with E-state index in [1.807, 2.05) is 6.07 Å². The molecule has 0 radical (unpaired) electrons. The Morgan fingerprint density at radius 2 is 2.04 bits per heavy atom. The van der Waals surface area contributed by atoms with E-state index in [2.05, 4.69) is 6.07 Å². The predicted octanol–water partition coefficient (Wildman–Crippen LogP) is 2.85. The number of nitrogens with zero attached hydrogens (tertiary/aromatic N) is 2. The molecule has 7 heteroatoms. The SMILES string of the molecule is COCOc1ccc(N(C/C=C/c2cccc(C#N)c2)S(=O)[O-])cc1. The average Bonchev–Trinajstić information content (AvgIpc) is 2.64. The van der Waals surface area contributed by atoms with Crippen LogP contribution in [0, 0.1) is 11.3 Å². The zero-order valence-corrected chi connectivity index (χ0v) is 14.4. The molecule has 0 aliphatic carbocycles. The maximum absolute atomic E-state index is 11.5. The van der Waals surface area contributed by atoms with Gasteiger partial charge in [0.15, 0.2) is 6.79 Å². The van der Waals surface area contributed by atoms with Gasteiger partial charge in [-0.2, -0.15) is 5.26 Å². The molecule has 2 aromatic carbocycles. The summed E-state index contributed by atoms with van der Waals surface area (Å²) in [6.07, 6.45) is 3.50. The molecule has 2 aromatic rings. The molecule has 0 aliphatic rings. The highest BCUT2D eigenvalue weighted by atomic mass is 32.2. The molecule has 0 saturated heterocycles. The van der Waals surface area contributed by atoms with E-state index in [0.29, 0.717) is 17.0 Å². The maximum Gasteiger partial charge on any atom is 0.188 e. The summed E-state index contributed by atoms with van der Waals surface area (Å²) in [5.74, 6) is 0.589. The van der Waals surface area contributed by atoms with Gasteiger partial charge in [-0.05, 0) is 42.0 Å². The van der Waals surface area contributed by atoms with Gasteiger partial charge < -0.3 is 14.0 Å². The first kappa shape index (κ1) is 18.7. The summed E-state index contributed by atoms with van der Waals surface area (Å²) in [7, 11) is 1.52. The van der Waals surface area contributed by atoms with Crippen molar-refractivity contribution in [2.75, 3.05) is 24.8 Å².